The minimum absolute atomic E-state index is 0.0629. The molecule has 5 heteroatoms. The number of carboxylic acid groups (broad SMARTS) is 1. The van der Waals surface area contributed by atoms with E-state index in [1.165, 1.54) is 14.2 Å². The van der Waals surface area contributed by atoms with Gasteiger partial charge in [0.05, 0.1) is 14.2 Å². The van der Waals surface area contributed by atoms with Gasteiger partial charge in [-0.25, -0.2) is 4.79 Å². The van der Waals surface area contributed by atoms with Crippen molar-refractivity contribution in [1.82, 2.24) is 0 Å². The number of carboxylic acids is 1. The Morgan fingerprint density at radius 1 is 1.41 bits per heavy atom. The summed E-state index contributed by atoms with van der Waals surface area (Å²) in [5, 5.41) is 9.13. The van der Waals surface area contributed by atoms with Crippen LogP contribution in [0.4, 0.5) is 0 Å². The summed E-state index contributed by atoms with van der Waals surface area (Å²) in [6.45, 7) is 2.36. The summed E-state index contributed by atoms with van der Waals surface area (Å²) in [4.78, 5) is 11.1. The van der Waals surface area contributed by atoms with E-state index in [1.807, 2.05) is 6.92 Å². The summed E-state index contributed by atoms with van der Waals surface area (Å²) in [6.07, 6.45) is 0. The van der Waals surface area contributed by atoms with Gasteiger partial charge in [0.25, 0.3) is 0 Å². The molecule has 0 spiro atoms. The highest BCUT2D eigenvalue weighted by atomic mass is 16.5. The fourth-order valence-electron chi connectivity index (χ4n) is 1.57. The number of nitrogens with two attached hydrogens (primary N) is 1. The smallest absolute Gasteiger partial charge is 0.339 e. The van der Waals surface area contributed by atoms with Gasteiger partial charge in [-0.05, 0) is 30.2 Å². The fourth-order valence-corrected chi connectivity index (χ4v) is 1.57. The van der Waals surface area contributed by atoms with Crippen LogP contribution in [0.5, 0.6) is 11.5 Å². The predicted molar refractivity (Wildman–Crippen MR) is 64.0 cm³/mol. The zero-order chi connectivity index (χ0) is 13.0. The molecule has 1 rings (SSSR count). The Hall–Kier alpha value is -1.75. The molecule has 1 atom stereocenters. The highest BCUT2D eigenvalue weighted by Gasteiger charge is 2.19. The van der Waals surface area contributed by atoms with Crippen LogP contribution >= 0.6 is 0 Å². The van der Waals surface area contributed by atoms with Crippen LogP contribution in [0.15, 0.2) is 12.1 Å². The standard InChI is InChI=1S/C12H17NO4/c1-7(6-13)8-4-9(12(14)15)11(17-3)10(5-8)16-2/h4-5,7H,6,13H2,1-3H3,(H,14,15). The average Bonchev–Trinajstić information content (AvgIpc) is 2.35. The third kappa shape index (κ3) is 2.68. The quantitative estimate of drug-likeness (QED) is 0.813. The van der Waals surface area contributed by atoms with Gasteiger partial charge < -0.3 is 20.3 Å². The largest absolute Gasteiger partial charge is 0.493 e. The number of rotatable bonds is 5. The molecule has 94 valence electrons. The molecular weight excluding hydrogens is 222 g/mol. The van der Waals surface area contributed by atoms with Gasteiger partial charge in [-0.3, -0.25) is 0 Å². The first-order valence-corrected chi connectivity index (χ1v) is 5.24. The Morgan fingerprint density at radius 3 is 2.47 bits per heavy atom. The van der Waals surface area contributed by atoms with Crippen molar-refractivity contribution < 1.29 is 19.4 Å². The van der Waals surface area contributed by atoms with Crippen molar-refractivity contribution in [3.63, 3.8) is 0 Å². The van der Waals surface area contributed by atoms with Crippen molar-refractivity contribution in [1.29, 1.82) is 0 Å². The van der Waals surface area contributed by atoms with Gasteiger partial charge in [-0.2, -0.15) is 0 Å². The molecule has 0 radical (unpaired) electrons. The van der Waals surface area contributed by atoms with E-state index >= 15 is 0 Å². The molecule has 5 nitrogen and oxygen atoms in total. The summed E-state index contributed by atoms with van der Waals surface area (Å²) >= 11 is 0. The zero-order valence-electron chi connectivity index (χ0n) is 10.2. The van der Waals surface area contributed by atoms with Crippen molar-refractivity contribution in [3.05, 3.63) is 23.3 Å². The van der Waals surface area contributed by atoms with Gasteiger partial charge in [0.1, 0.15) is 5.56 Å². The van der Waals surface area contributed by atoms with Gasteiger partial charge in [-0.15, -0.1) is 0 Å². The highest BCUT2D eigenvalue weighted by molar-refractivity contribution is 5.92. The van der Waals surface area contributed by atoms with E-state index in [2.05, 4.69) is 0 Å². The summed E-state index contributed by atoms with van der Waals surface area (Å²) in [5.41, 5.74) is 6.48. The summed E-state index contributed by atoms with van der Waals surface area (Å²) in [5.74, 6) is -0.352. The molecule has 1 aromatic carbocycles. The van der Waals surface area contributed by atoms with Crippen molar-refractivity contribution in [2.24, 2.45) is 5.73 Å². The maximum Gasteiger partial charge on any atom is 0.339 e. The maximum absolute atomic E-state index is 11.1. The molecule has 0 aliphatic heterocycles. The lowest BCUT2D eigenvalue weighted by Gasteiger charge is -2.15. The Morgan fingerprint density at radius 2 is 2.06 bits per heavy atom. The van der Waals surface area contributed by atoms with Gasteiger partial charge >= 0.3 is 5.97 Å². The third-order valence-corrected chi connectivity index (χ3v) is 2.65. The Labute approximate surface area is 100 Å². The minimum atomic E-state index is -1.05. The second kappa shape index (κ2) is 5.54. The molecule has 0 aliphatic rings. The molecule has 0 fully saturated rings. The first-order valence-electron chi connectivity index (χ1n) is 5.24. The Kier molecular flexibility index (Phi) is 4.34. The lowest BCUT2D eigenvalue weighted by Crippen LogP contribution is -2.11. The minimum Gasteiger partial charge on any atom is -0.493 e. The fraction of sp³-hybridized carbons (Fsp3) is 0.417. The molecule has 1 aromatic rings. The molecule has 0 aromatic heterocycles. The molecule has 3 N–H and O–H groups in total. The molecule has 1 unspecified atom stereocenters. The van der Waals surface area contributed by atoms with E-state index in [0.29, 0.717) is 12.3 Å². The lowest BCUT2D eigenvalue weighted by molar-refractivity contribution is 0.0692. The van der Waals surface area contributed by atoms with Crippen molar-refractivity contribution >= 4 is 5.97 Å². The van der Waals surface area contributed by atoms with Crippen molar-refractivity contribution in [2.75, 3.05) is 20.8 Å². The summed E-state index contributed by atoms with van der Waals surface area (Å²) < 4.78 is 10.2. The van der Waals surface area contributed by atoms with Gasteiger partial charge in [0, 0.05) is 0 Å². The number of methoxy groups -OCH3 is 2. The van der Waals surface area contributed by atoms with E-state index in [0.717, 1.165) is 5.56 Å². The second-order valence-corrected chi connectivity index (χ2v) is 3.75. The van der Waals surface area contributed by atoms with Crippen LogP contribution in [0, 0.1) is 0 Å². The Bertz CT molecular complexity index is 417. The normalized spacial score (nSPS) is 12.0. The molecule has 0 aliphatic carbocycles. The van der Waals surface area contributed by atoms with E-state index in [4.69, 9.17) is 20.3 Å². The van der Waals surface area contributed by atoms with E-state index in [9.17, 15) is 4.79 Å². The van der Waals surface area contributed by atoms with E-state index in [-0.39, 0.29) is 17.2 Å². The van der Waals surface area contributed by atoms with Crippen LogP contribution in [-0.2, 0) is 0 Å². The third-order valence-electron chi connectivity index (χ3n) is 2.65. The molecule has 0 saturated carbocycles. The van der Waals surface area contributed by atoms with E-state index < -0.39 is 5.97 Å². The van der Waals surface area contributed by atoms with Gasteiger partial charge in [0.2, 0.25) is 0 Å². The zero-order valence-corrected chi connectivity index (χ0v) is 10.2. The average molecular weight is 239 g/mol. The lowest BCUT2D eigenvalue weighted by atomic mass is 9.98. The number of aromatic carboxylic acids is 1. The molecule has 0 heterocycles. The summed E-state index contributed by atoms with van der Waals surface area (Å²) in [7, 11) is 2.89. The van der Waals surface area contributed by atoms with Crippen molar-refractivity contribution in [2.45, 2.75) is 12.8 Å². The van der Waals surface area contributed by atoms with Crippen molar-refractivity contribution in [3.8, 4) is 11.5 Å². The first kappa shape index (κ1) is 13.3. The second-order valence-electron chi connectivity index (χ2n) is 3.75. The number of hydrogen-bond donors (Lipinski definition) is 2. The topological polar surface area (TPSA) is 81.8 Å². The number of hydrogen-bond acceptors (Lipinski definition) is 4. The molecule has 0 amide bonds. The molecule has 17 heavy (non-hydrogen) atoms. The number of ether oxygens (including phenoxy) is 2. The highest BCUT2D eigenvalue weighted by Crippen LogP contribution is 2.34. The van der Waals surface area contributed by atoms with Gasteiger partial charge in [-0.1, -0.05) is 6.92 Å². The molecular formula is C12H17NO4. The Balaban J connectivity index is 3.39. The van der Waals surface area contributed by atoms with Crippen LogP contribution in [0.25, 0.3) is 0 Å². The van der Waals surface area contributed by atoms with Crippen LogP contribution in [-0.4, -0.2) is 31.8 Å². The van der Waals surface area contributed by atoms with Gasteiger partial charge in [0.15, 0.2) is 11.5 Å². The van der Waals surface area contributed by atoms with Crippen LogP contribution in [0.1, 0.15) is 28.8 Å². The maximum atomic E-state index is 11.1. The monoisotopic (exact) mass is 239 g/mol. The predicted octanol–water partition coefficient (Wildman–Crippen LogP) is 1.46. The molecule has 0 saturated heterocycles. The molecule has 0 bridgehead atoms. The number of carbonyl (C=O) groups is 1. The van der Waals surface area contributed by atoms with Crippen LogP contribution < -0.4 is 15.2 Å². The summed E-state index contributed by atoms with van der Waals surface area (Å²) in [6, 6.07) is 3.32. The SMILES string of the molecule is COc1cc(C(C)CN)cc(C(=O)O)c1OC. The first-order chi connectivity index (χ1) is 8.04. The number of benzene rings is 1. The van der Waals surface area contributed by atoms with Crippen LogP contribution in [0.3, 0.4) is 0 Å². The van der Waals surface area contributed by atoms with E-state index in [1.54, 1.807) is 12.1 Å². The van der Waals surface area contributed by atoms with Crippen LogP contribution in [0.2, 0.25) is 0 Å².